The molecule has 1 aliphatic carbocycles. The zero-order chi connectivity index (χ0) is 12.4. The van der Waals surface area contributed by atoms with Gasteiger partial charge in [-0.05, 0) is 31.0 Å². The smallest absolute Gasteiger partial charge is 0.148 e. The molecule has 17 heavy (non-hydrogen) atoms. The largest absolute Gasteiger partial charge is 0.399 e. The Labute approximate surface area is 101 Å². The summed E-state index contributed by atoms with van der Waals surface area (Å²) in [5.41, 5.74) is 6.45. The first-order valence-electron chi connectivity index (χ1n) is 6.05. The van der Waals surface area contributed by atoms with Gasteiger partial charge in [0.05, 0.1) is 17.8 Å². The van der Waals surface area contributed by atoms with Crippen LogP contribution in [0, 0.1) is 5.82 Å². The van der Waals surface area contributed by atoms with Gasteiger partial charge in [0.2, 0.25) is 0 Å². The van der Waals surface area contributed by atoms with Crippen LogP contribution in [0.1, 0.15) is 25.7 Å². The van der Waals surface area contributed by atoms with Gasteiger partial charge in [0.15, 0.2) is 0 Å². The molecule has 2 unspecified atom stereocenters. The van der Waals surface area contributed by atoms with Crippen molar-refractivity contribution in [3.8, 4) is 0 Å². The molecule has 1 aromatic carbocycles. The van der Waals surface area contributed by atoms with Gasteiger partial charge in [-0.2, -0.15) is 0 Å². The van der Waals surface area contributed by atoms with Crippen LogP contribution in [0.2, 0.25) is 0 Å². The third kappa shape index (κ3) is 2.52. The standard InChI is InChI=1S/C13H19FN2O/c1-16(12-4-2-3-5-13(12)17)11-7-6-9(15)8-10(11)14/h6-8,12-13,17H,2-5,15H2,1H3. The molecule has 2 atom stereocenters. The third-order valence-corrected chi connectivity index (χ3v) is 3.54. The van der Waals surface area contributed by atoms with Crippen molar-refractivity contribution >= 4 is 11.4 Å². The fourth-order valence-corrected chi connectivity index (χ4v) is 2.53. The third-order valence-electron chi connectivity index (χ3n) is 3.54. The number of benzene rings is 1. The van der Waals surface area contributed by atoms with Gasteiger partial charge < -0.3 is 15.7 Å². The molecule has 0 heterocycles. The van der Waals surface area contributed by atoms with Gasteiger partial charge >= 0.3 is 0 Å². The Balaban J connectivity index is 2.20. The van der Waals surface area contributed by atoms with E-state index >= 15 is 0 Å². The van der Waals surface area contributed by atoms with Crippen molar-refractivity contribution in [1.29, 1.82) is 0 Å². The molecule has 94 valence electrons. The predicted molar refractivity (Wildman–Crippen MR) is 67.5 cm³/mol. The van der Waals surface area contributed by atoms with Crippen molar-refractivity contribution in [1.82, 2.24) is 0 Å². The van der Waals surface area contributed by atoms with E-state index in [4.69, 9.17) is 5.73 Å². The van der Waals surface area contributed by atoms with Gasteiger partial charge in [0.1, 0.15) is 5.82 Å². The highest BCUT2D eigenvalue weighted by Gasteiger charge is 2.27. The van der Waals surface area contributed by atoms with E-state index in [0.717, 1.165) is 25.7 Å². The molecular formula is C13H19FN2O. The maximum Gasteiger partial charge on any atom is 0.148 e. The van der Waals surface area contributed by atoms with Crippen LogP contribution in [-0.4, -0.2) is 24.3 Å². The summed E-state index contributed by atoms with van der Waals surface area (Å²) in [5, 5.41) is 9.96. The molecule has 0 spiro atoms. The van der Waals surface area contributed by atoms with Gasteiger partial charge in [-0.3, -0.25) is 0 Å². The summed E-state index contributed by atoms with van der Waals surface area (Å²) < 4.78 is 13.8. The number of anilines is 2. The summed E-state index contributed by atoms with van der Waals surface area (Å²) in [7, 11) is 1.83. The first-order valence-corrected chi connectivity index (χ1v) is 6.05. The number of halogens is 1. The Morgan fingerprint density at radius 2 is 2.06 bits per heavy atom. The Hall–Kier alpha value is -1.29. The number of aliphatic hydroxyl groups excluding tert-OH is 1. The molecule has 0 radical (unpaired) electrons. The lowest BCUT2D eigenvalue weighted by Crippen LogP contribution is -2.43. The molecule has 0 amide bonds. The lowest BCUT2D eigenvalue weighted by Gasteiger charge is -2.36. The number of nitrogens with zero attached hydrogens (tertiary/aromatic N) is 1. The second kappa shape index (κ2) is 4.92. The molecule has 1 fully saturated rings. The van der Waals surface area contributed by atoms with Crippen molar-refractivity contribution in [3.63, 3.8) is 0 Å². The highest BCUT2D eigenvalue weighted by atomic mass is 19.1. The minimum Gasteiger partial charge on any atom is -0.399 e. The Bertz CT molecular complexity index is 397. The number of hydrogen-bond acceptors (Lipinski definition) is 3. The molecule has 0 saturated heterocycles. The van der Waals surface area contributed by atoms with Crippen LogP contribution >= 0.6 is 0 Å². The summed E-state index contributed by atoms with van der Waals surface area (Å²) in [5.74, 6) is -0.328. The van der Waals surface area contributed by atoms with Crippen molar-refractivity contribution in [2.24, 2.45) is 0 Å². The molecular weight excluding hydrogens is 219 g/mol. The van der Waals surface area contributed by atoms with Gasteiger partial charge in [0.25, 0.3) is 0 Å². The van der Waals surface area contributed by atoms with Crippen LogP contribution < -0.4 is 10.6 Å². The maximum atomic E-state index is 13.8. The van der Waals surface area contributed by atoms with E-state index < -0.39 is 0 Å². The summed E-state index contributed by atoms with van der Waals surface area (Å²) in [6.07, 6.45) is 3.47. The Morgan fingerprint density at radius 3 is 2.71 bits per heavy atom. The van der Waals surface area contributed by atoms with E-state index in [-0.39, 0.29) is 18.0 Å². The first-order chi connectivity index (χ1) is 8.09. The normalized spacial score (nSPS) is 24.6. The van der Waals surface area contributed by atoms with E-state index in [9.17, 15) is 9.50 Å². The number of rotatable bonds is 2. The lowest BCUT2D eigenvalue weighted by atomic mass is 9.91. The quantitative estimate of drug-likeness (QED) is 0.776. The molecule has 3 nitrogen and oxygen atoms in total. The molecule has 1 aromatic rings. The predicted octanol–water partition coefficient (Wildman–Crippen LogP) is 2.15. The minimum absolute atomic E-state index is 0.00174. The van der Waals surface area contributed by atoms with Crippen LogP contribution in [0.4, 0.5) is 15.8 Å². The molecule has 0 aromatic heterocycles. The van der Waals surface area contributed by atoms with Crippen LogP contribution in [0.25, 0.3) is 0 Å². The van der Waals surface area contributed by atoms with Gasteiger partial charge in [0, 0.05) is 12.7 Å². The second-order valence-corrected chi connectivity index (χ2v) is 4.74. The van der Waals surface area contributed by atoms with Crippen LogP contribution in [0.3, 0.4) is 0 Å². The SMILES string of the molecule is CN(c1ccc(N)cc1F)C1CCCCC1O. The fourth-order valence-electron chi connectivity index (χ4n) is 2.53. The van der Waals surface area contributed by atoms with E-state index in [1.54, 1.807) is 12.1 Å². The Kier molecular flexibility index (Phi) is 3.52. The Morgan fingerprint density at radius 1 is 1.35 bits per heavy atom. The number of nitrogen functional groups attached to an aromatic ring is 1. The van der Waals surface area contributed by atoms with Gasteiger partial charge in [-0.15, -0.1) is 0 Å². The second-order valence-electron chi connectivity index (χ2n) is 4.74. The molecule has 0 bridgehead atoms. The maximum absolute atomic E-state index is 13.8. The summed E-state index contributed by atoms with van der Waals surface area (Å²) >= 11 is 0. The molecule has 3 N–H and O–H groups in total. The average Bonchev–Trinajstić information content (AvgIpc) is 2.29. The molecule has 0 aliphatic heterocycles. The fraction of sp³-hybridized carbons (Fsp3) is 0.538. The highest BCUT2D eigenvalue weighted by molar-refractivity contribution is 5.54. The first kappa shape index (κ1) is 12.2. The highest BCUT2D eigenvalue weighted by Crippen LogP contribution is 2.28. The summed E-state index contributed by atoms with van der Waals surface area (Å²) in [4.78, 5) is 1.83. The average molecular weight is 238 g/mol. The minimum atomic E-state index is -0.370. The van der Waals surface area contributed by atoms with Crippen molar-refractivity contribution in [3.05, 3.63) is 24.0 Å². The van der Waals surface area contributed by atoms with Crippen LogP contribution in [0.5, 0.6) is 0 Å². The van der Waals surface area contributed by atoms with Crippen molar-refractivity contribution < 1.29 is 9.50 Å². The van der Waals surface area contributed by atoms with E-state index in [0.29, 0.717) is 11.4 Å². The lowest BCUT2D eigenvalue weighted by molar-refractivity contribution is 0.106. The van der Waals surface area contributed by atoms with Crippen molar-refractivity contribution in [2.75, 3.05) is 17.7 Å². The van der Waals surface area contributed by atoms with E-state index in [2.05, 4.69) is 0 Å². The molecule has 1 saturated carbocycles. The van der Waals surface area contributed by atoms with Crippen LogP contribution in [-0.2, 0) is 0 Å². The van der Waals surface area contributed by atoms with Crippen molar-refractivity contribution in [2.45, 2.75) is 37.8 Å². The molecule has 4 heteroatoms. The van der Waals surface area contributed by atoms with Crippen LogP contribution in [0.15, 0.2) is 18.2 Å². The number of hydrogen-bond donors (Lipinski definition) is 2. The number of likely N-dealkylation sites (N-methyl/N-ethyl adjacent to an activating group) is 1. The monoisotopic (exact) mass is 238 g/mol. The summed E-state index contributed by atoms with van der Waals surface area (Å²) in [6.45, 7) is 0. The number of nitrogens with two attached hydrogens (primary N) is 1. The van der Waals surface area contributed by atoms with Gasteiger partial charge in [-0.1, -0.05) is 12.8 Å². The molecule has 1 aliphatic rings. The summed E-state index contributed by atoms with van der Waals surface area (Å²) in [6, 6.07) is 4.68. The topological polar surface area (TPSA) is 49.5 Å². The van der Waals surface area contributed by atoms with E-state index in [1.165, 1.54) is 6.07 Å². The zero-order valence-corrected chi connectivity index (χ0v) is 10.1. The molecule has 2 rings (SSSR count). The van der Waals surface area contributed by atoms with E-state index in [1.807, 2.05) is 11.9 Å². The van der Waals surface area contributed by atoms with Gasteiger partial charge in [-0.25, -0.2) is 4.39 Å². The zero-order valence-electron chi connectivity index (χ0n) is 10.1. The number of aliphatic hydroxyl groups is 1.